The van der Waals surface area contributed by atoms with Crippen LogP contribution in [0.2, 0.25) is 0 Å². The average Bonchev–Trinajstić information content (AvgIpc) is 3.84. The number of nitrogens with one attached hydrogen (secondary N) is 1. The first kappa shape index (κ1) is 27.8. The minimum atomic E-state index is -3.73. The number of nitrogens with zero attached hydrogens (tertiary/aromatic N) is 7. The van der Waals surface area contributed by atoms with Crippen molar-refractivity contribution in [3.63, 3.8) is 0 Å². The highest BCUT2D eigenvalue weighted by atomic mass is 19.3. The molecule has 7 rings (SSSR count). The Kier molecular flexibility index (Phi) is 6.87. The van der Waals surface area contributed by atoms with Gasteiger partial charge in [0, 0.05) is 73.9 Å². The summed E-state index contributed by atoms with van der Waals surface area (Å²) in [6.45, 7) is 3.10. The highest BCUT2D eigenvalue weighted by Crippen LogP contribution is 2.46. The fraction of sp³-hybridized carbons (Fsp3) is 0.419. The molecule has 43 heavy (non-hydrogen) atoms. The van der Waals surface area contributed by atoms with Crippen molar-refractivity contribution in [2.75, 3.05) is 61.4 Å². The van der Waals surface area contributed by atoms with Crippen LogP contribution in [0.3, 0.4) is 0 Å². The highest BCUT2D eigenvalue weighted by molar-refractivity contribution is 5.94. The summed E-state index contributed by atoms with van der Waals surface area (Å²) in [5, 5.41) is 24.0. The Morgan fingerprint density at radius 3 is 2.53 bits per heavy atom. The van der Waals surface area contributed by atoms with E-state index in [0.29, 0.717) is 33.9 Å². The maximum atomic E-state index is 14.8. The number of hydrogen-bond donors (Lipinski definition) is 3. The van der Waals surface area contributed by atoms with E-state index in [2.05, 4.69) is 44.3 Å². The van der Waals surface area contributed by atoms with Gasteiger partial charge < -0.3 is 30.2 Å². The van der Waals surface area contributed by atoms with Gasteiger partial charge in [0.25, 0.3) is 0 Å². The van der Waals surface area contributed by atoms with E-state index in [0.717, 1.165) is 56.0 Å². The van der Waals surface area contributed by atoms with Gasteiger partial charge in [-0.2, -0.15) is 8.78 Å². The monoisotopic (exact) mass is 588 g/mol. The minimum absolute atomic E-state index is 0.00731. The molecule has 0 unspecified atom stereocenters. The summed E-state index contributed by atoms with van der Waals surface area (Å²) >= 11 is 0. The molecule has 1 aromatic carbocycles. The first-order chi connectivity index (χ1) is 20.7. The molecule has 3 fully saturated rings. The van der Waals surface area contributed by atoms with E-state index in [9.17, 15) is 19.0 Å². The number of pyridine rings is 2. The number of anilines is 4. The average molecular weight is 589 g/mol. The van der Waals surface area contributed by atoms with Gasteiger partial charge in [-0.15, -0.1) is 0 Å². The van der Waals surface area contributed by atoms with Crippen molar-refractivity contribution in [3.8, 4) is 11.4 Å². The Morgan fingerprint density at radius 1 is 0.953 bits per heavy atom. The Balaban J connectivity index is 1.23. The van der Waals surface area contributed by atoms with E-state index in [1.807, 2.05) is 18.2 Å². The van der Waals surface area contributed by atoms with Crippen LogP contribution < -0.4 is 15.1 Å². The lowest BCUT2D eigenvalue weighted by atomic mass is 9.98. The van der Waals surface area contributed by atoms with Crippen molar-refractivity contribution in [2.24, 2.45) is 0 Å². The standard InChI is InChI=1S/C31H34F2N8O2/c1-39-11-13-40(14-12-39)23-4-2-3-22(16-23)36-26-15-21(7-9-35-26)28-37-25-18-34-17-24(20-5-6-20)27(25)29(38-28)41-10-8-31(42,43)30(32,33)19-41/h2-4,7,9,15-18,20,42-43H,5-6,8,10-14,19H2,1H3,(H,35,36). The number of likely N-dealkylation sites (N-methyl/N-ethyl adjacent to an activating group) is 1. The number of piperazine rings is 1. The summed E-state index contributed by atoms with van der Waals surface area (Å²) in [5.41, 5.74) is 4.19. The molecule has 0 amide bonds. The summed E-state index contributed by atoms with van der Waals surface area (Å²) < 4.78 is 29.6. The number of aromatic nitrogens is 4. The predicted octanol–water partition coefficient (Wildman–Crippen LogP) is 3.99. The number of aliphatic hydroxyl groups is 2. The van der Waals surface area contributed by atoms with Gasteiger partial charge in [-0.1, -0.05) is 6.07 Å². The third kappa shape index (κ3) is 5.46. The molecule has 3 aromatic heterocycles. The minimum Gasteiger partial charge on any atom is -0.369 e. The van der Waals surface area contributed by atoms with Crippen LogP contribution in [0.5, 0.6) is 0 Å². The van der Waals surface area contributed by atoms with E-state index in [4.69, 9.17) is 9.97 Å². The molecule has 12 heteroatoms. The zero-order valence-electron chi connectivity index (χ0n) is 23.9. The number of alkyl halides is 2. The van der Waals surface area contributed by atoms with Crippen LogP contribution in [0.4, 0.5) is 31.8 Å². The van der Waals surface area contributed by atoms with Crippen molar-refractivity contribution in [2.45, 2.75) is 36.9 Å². The normalized spacial score (nSPS) is 20.4. The van der Waals surface area contributed by atoms with Crippen molar-refractivity contribution >= 4 is 33.9 Å². The van der Waals surface area contributed by atoms with Crippen LogP contribution in [0.15, 0.2) is 55.0 Å². The number of halogens is 2. The van der Waals surface area contributed by atoms with Gasteiger partial charge in [-0.3, -0.25) is 4.98 Å². The molecule has 10 nitrogen and oxygen atoms in total. The van der Waals surface area contributed by atoms with Crippen LogP contribution in [-0.2, 0) is 0 Å². The van der Waals surface area contributed by atoms with E-state index in [1.165, 1.54) is 4.90 Å². The topological polar surface area (TPSA) is 114 Å². The molecule has 2 aliphatic heterocycles. The zero-order chi connectivity index (χ0) is 29.8. The molecular weight excluding hydrogens is 554 g/mol. The van der Waals surface area contributed by atoms with Gasteiger partial charge in [-0.25, -0.2) is 15.0 Å². The number of benzene rings is 1. The van der Waals surface area contributed by atoms with Crippen molar-refractivity contribution in [1.82, 2.24) is 24.8 Å². The van der Waals surface area contributed by atoms with E-state index < -0.39 is 24.7 Å². The molecule has 5 heterocycles. The molecule has 0 bridgehead atoms. The van der Waals surface area contributed by atoms with Gasteiger partial charge in [0.15, 0.2) is 5.82 Å². The Hall–Kier alpha value is -4.00. The molecule has 2 saturated heterocycles. The second-order valence-corrected chi connectivity index (χ2v) is 11.9. The number of hydrogen-bond acceptors (Lipinski definition) is 10. The largest absolute Gasteiger partial charge is 0.369 e. The van der Waals surface area contributed by atoms with Crippen molar-refractivity contribution in [1.29, 1.82) is 0 Å². The van der Waals surface area contributed by atoms with Gasteiger partial charge in [0.2, 0.25) is 5.79 Å². The fourth-order valence-electron chi connectivity index (χ4n) is 5.88. The molecule has 224 valence electrons. The van der Waals surface area contributed by atoms with E-state index in [1.54, 1.807) is 24.7 Å². The number of rotatable bonds is 6. The van der Waals surface area contributed by atoms with Crippen molar-refractivity contribution < 1.29 is 19.0 Å². The molecular formula is C31H34F2N8O2. The molecule has 3 aliphatic rings. The lowest BCUT2D eigenvalue weighted by Crippen LogP contribution is -2.60. The number of piperidine rings is 1. The molecule has 0 atom stereocenters. The molecule has 0 radical (unpaired) electrons. The maximum absolute atomic E-state index is 14.8. The van der Waals surface area contributed by atoms with E-state index in [-0.39, 0.29) is 12.5 Å². The van der Waals surface area contributed by atoms with Crippen molar-refractivity contribution in [3.05, 3.63) is 60.6 Å². The third-order valence-electron chi connectivity index (χ3n) is 8.64. The lowest BCUT2D eigenvalue weighted by Gasteiger charge is -2.41. The third-order valence-corrected chi connectivity index (χ3v) is 8.64. The summed E-state index contributed by atoms with van der Waals surface area (Å²) in [7, 11) is 2.13. The quantitative estimate of drug-likeness (QED) is 0.286. The highest BCUT2D eigenvalue weighted by Gasteiger charge is 2.56. The van der Waals surface area contributed by atoms with Crippen LogP contribution >= 0.6 is 0 Å². The second-order valence-electron chi connectivity index (χ2n) is 11.9. The summed E-state index contributed by atoms with van der Waals surface area (Å²) in [6, 6.07) is 11.8. The lowest BCUT2D eigenvalue weighted by molar-refractivity contribution is -0.300. The Labute approximate surface area is 248 Å². The molecule has 3 N–H and O–H groups in total. The fourth-order valence-corrected chi connectivity index (χ4v) is 5.88. The Bertz CT molecular complexity index is 1660. The molecule has 4 aromatic rings. The van der Waals surface area contributed by atoms with E-state index >= 15 is 0 Å². The second kappa shape index (κ2) is 10.6. The smallest absolute Gasteiger partial charge is 0.317 e. The maximum Gasteiger partial charge on any atom is 0.317 e. The van der Waals surface area contributed by atoms with Gasteiger partial charge in [-0.05, 0) is 61.7 Å². The first-order valence-electron chi connectivity index (χ1n) is 14.7. The molecule has 1 aliphatic carbocycles. The van der Waals surface area contributed by atoms with Gasteiger partial charge in [0.1, 0.15) is 11.6 Å². The van der Waals surface area contributed by atoms with Crippen LogP contribution in [0.1, 0.15) is 30.7 Å². The SMILES string of the molecule is CN1CCN(c2cccc(Nc3cc(-c4nc(N5CCC(O)(O)C(F)(F)C5)c5c(C6CC6)cncc5n4)ccn3)c2)CC1. The molecule has 1 saturated carbocycles. The summed E-state index contributed by atoms with van der Waals surface area (Å²) in [5.74, 6) is -5.22. The number of fused-ring (bicyclic) bond motifs is 1. The van der Waals surface area contributed by atoms with Crippen LogP contribution in [-0.4, -0.2) is 93.1 Å². The van der Waals surface area contributed by atoms with Gasteiger partial charge >= 0.3 is 5.92 Å². The van der Waals surface area contributed by atoms with Crippen LogP contribution in [0.25, 0.3) is 22.3 Å². The Morgan fingerprint density at radius 2 is 1.77 bits per heavy atom. The molecule has 0 spiro atoms. The summed E-state index contributed by atoms with van der Waals surface area (Å²) in [6.07, 6.45) is 6.52. The summed E-state index contributed by atoms with van der Waals surface area (Å²) in [4.78, 5) is 24.7. The zero-order valence-corrected chi connectivity index (χ0v) is 23.9. The predicted molar refractivity (Wildman–Crippen MR) is 161 cm³/mol. The van der Waals surface area contributed by atoms with Crippen LogP contribution in [0, 0.1) is 0 Å². The first-order valence-corrected chi connectivity index (χ1v) is 14.7. The van der Waals surface area contributed by atoms with Gasteiger partial charge in [0.05, 0.1) is 18.3 Å².